The summed E-state index contributed by atoms with van der Waals surface area (Å²) in [7, 11) is -2.33. The van der Waals surface area contributed by atoms with Gasteiger partial charge in [-0.05, 0) is 24.3 Å². The van der Waals surface area contributed by atoms with Gasteiger partial charge in [-0.3, -0.25) is 0 Å². The lowest BCUT2D eigenvalue weighted by molar-refractivity contribution is 0.366. The molecule has 2 aromatic rings. The topological polar surface area (TPSA) is 18.5 Å². The molecule has 2 nitrogen and oxygen atoms in total. The second-order valence-electron chi connectivity index (χ2n) is 5.15. The van der Waals surface area contributed by atoms with Gasteiger partial charge in [0.1, 0.15) is 11.5 Å². The van der Waals surface area contributed by atoms with Gasteiger partial charge in [0.25, 0.3) is 0 Å². The van der Waals surface area contributed by atoms with Gasteiger partial charge in [-0.15, -0.1) is 0 Å². The van der Waals surface area contributed by atoms with Gasteiger partial charge in [0.2, 0.25) is 0 Å². The minimum absolute atomic E-state index is 0.368. The summed E-state index contributed by atoms with van der Waals surface area (Å²) in [5.41, 5.74) is 0.368. The molecule has 106 valence electrons. The molecule has 3 heteroatoms. The first-order chi connectivity index (χ1) is 9.66. The van der Waals surface area contributed by atoms with Crippen LogP contribution in [0.4, 0.5) is 0 Å². The lowest BCUT2D eigenvalue weighted by atomic mass is 10.3. The summed E-state index contributed by atoms with van der Waals surface area (Å²) in [4.78, 5) is 0. The maximum Gasteiger partial charge on any atom is 0.462 e. The normalized spacial score (nSPS) is 11.4. The molecule has 0 aliphatic heterocycles. The maximum absolute atomic E-state index is 6.33. The highest BCUT2D eigenvalue weighted by atomic mass is 28.4. The van der Waals surface area contributed by atoms with E-state index in [9.17, 15) is 0 Å². The summed E-state index contributed by atoms with van der Waals surface area (Å²) in [6.07, 6.45) is 0. The minimum Gasteiger partial charge on any atom is -0.512 e. The second kappa shape index (κ2) is 6.62. The third kappa shape index (κ3) is 3.42. The molecule has 0 amide bonds. The molecular weight excluding hydrogens is 264 g/mol. The fraction of sp³-hybridized carbons (Fsp3) is 0.294. The second-order valence-corrected chi connectivity index (χ2v) is 9.04. The first kappa shape index (κ1) is 14.7. The quantitative estimate of drug-likeness (QED) is 0.694. The standard InChI is InChI=1S/C17H22O2Si/c1-4-20(15(2)3,18-16-11-7-5-8-12-16)19-17-13-9-6-10-14-17/h5-15H,4H2,1-3H3. The monoisotopic (exact) mass is 286 g/mol. The highest BCUT2D eigenvalue weighted by Crippen LogP contribution is 2.31. The third-order valence-electron chi connectivity index (χ3n) is 3.44. The molecule has 0 saturated carbocycles. The van der Waals surface area contributed by atoms with E-state index in [0.29, 0.717) is 5.54 Å². The van der Waals surface area contributed by atoms with Gasteiger partial charge in [0.05, 0.1) is 0 Å². The van der Waals surface area contributed by atoms with Crippen molar-refractivity contribution in [1.82, 2.24) is 0 Å². The van der Waals surface area contributed by atoms with Crippen molar-refractivity contribution >= 4 is 8.56 Å². The lowest BCUT2D eigenvalue weighted by Crippen LogP contribution is -2.50. The van der Waals surface area contributed by atoms with Crippen LogP contribution in [0.5, 0.6) is 11.5 Å². The fourth-order valence-electron chi connectivity index (χ4n) is 2.19. The van der Waals surface area contributed by atoms with Crippen molar-refractivity contribution in [1.29, 1.82) is 0 Å². The zero-order valence-corrected chi connectivity index (χ0v) is 13.4. The van der Waals surface area contributed by atoms with Crippen LogP contribution >= 0.6 is 0 Å². The predicted octanol–water partition coefficient (Wildman–Crippen LogP) is 5.02. The molecule has 0 atom stereocenters. The Balaban J connectivity index is 2.26. The Labute approximate surface area is 122 Å². The van der Waals surface area contributed by atoms with E-state index in [0.717, 1.165) is 17.5 Å². The van der Waals surface area contributed by atoms with Crippen molar-refractivity contribution in [2.75, 3.05) is 0 Å². The molecule has 0 spiro atoms. The average molecular weight is 286 g/mol. The zero-order chi connectivity index (χ0) is 14.4. The average Bonchev–Trinajstić information content (AvgIpc) is 2.48. The van der Waals surface area contributed by atoms with Crippen LogP contribution in [0.1, 0.15) is 20.8 Å². The largest absolute Gasteiger partial charge is 0.512 e. The third-order valence-corrected chi connectivity index (χ3v) is 7.35. The number of rotatable bonds is 6. The van der Waals surface area contributed by atoms with Crippen LogP contribution in [0.2, 0.25) is 11.6 Å². The van der Waals surface area contributed by atoms with E-state index < -0.39 is 8.56 Å². The molecule has 2 aromatic carbocycles. The molecule has 0 unspecified atom stereocenters. The molecule has 0 aromatic heterocycles. The van der Waals surface area contributed by atoms with Crippen LogP contribution in [-0.2, 0) is 0 Å². The minimum atomic E-state index is -2.33. The highest BCUT2D eigenvalue weighted by Gasteiger charge is 2.44. The van der Waals surface area contributed by atoms with Crippen molar-refractivity contribution in [3.63, 3.8) is 0 Å². The Morgan fingerprint density at radius 1 is 0.800 bits per heavy atom. The maximum atomic E-state index is 6.33. The van der Waals surface area contributed by atoms with Gasteiger partial charge in [-0.1, -0.05) is 57.2 Å². The van der Waals surface area contributed by atoms with E-state index in [4.69, 9.17) is 8.85 Å². The Kier molecular flexibility index (Phi) is 4.85. The van der Waals surface area contributed by atoms with E-state index in [1.54, 1.807) is 0 Å². The van der Waals surface area contributed by atoms with Crippen molar-refractivity contribution in [2.24, 2.45) is 0 Å². The van der Waals surface area contributed by atoms with Crippen molar-refractivity contribution in [3.8, 4) is 11.5 Å². The van der Waals surface area contributed by atoms with Gasteiger partial charge >= 0.3 is 8.56 Å². The zero-order valence-electron chi connectivity index (χ0n) is 12.4. The Bertz CT molecular complexity index is 470. The van der Waals surface area contributed by atoms with E-state index >= 15 is 0 Å². The van der Waals surface area contributed by atoms with Crippen LogP contribution in [0, 0.1) is 0 Å². The summed E-state index contributed by atoms with van der Waals surface area (Å²) < 4.78 is 12.7. The number of benzene rings is 2. The molecule has 0 aliphatic carbocycles. The van der Waals surface area contributed by atoms with Crippen molar-refractivity contribution < 1.29 is 8.85 Å². The lowest BCUT2D eigenvalue weighted by Gasteiger charge is -2.33. The highest BCUT2D eigenvalue weighted by molar-refractivity contribution is 6.70. The fourth-order valence-corrected chi connectivity index (χ4v) is 4.87. The molecule has 0 radical (unpaired) electrons. The molecule has 2 rings (SSSR count). The smallest absolute Gasteiger partial charge is 0.462 e. The summed E-state index contributed by atoms with van der Waals surface area (Å²) in [6, 6.07) is 20.9. The molecule has 0 aliphatic rings. The van der Waals surface area contributed by atoms with Gasteiger partial charge in [0, 0.05) is 11.6 Å². The first-order valence-electron chi connectivity index (χ1n) is 7.14. The van der Waals surface area contributed by atoms with Crippen molar-refractivity contribution in [2.45, 2.75) is 32.4 Å². The van der Waals surface area contributed by atoms with Crippen LogP contribution in [0.15, 0.2) is 60.7 Å². The Morgan fingerprint density at radius 3 is 1.50 bits per heavy atom. The van der Waals surface area contributed by atoms with Crippen LogP contribution in [0.25, 0.3) is 0 Å². The molecule has 0 fully saturated rings. The Hall–Kier alpha value is -1.74. The number of hydrogen-bond donors (Lipinski definition) is 0. The van der Waals surface area contributed by atoms with Gasteiger partial charge in [-0.25, -0.2) is 0 Å². The molecule has 20 heavy (non-hydrogen) atoms. The van der Waals surface area contributed by atoms with Gasteiger partial charge in [-0.2, -0.15) is 0 Å². The number of hydrogen-bond acceptors (Lipinski definition) is 2. The van der Waals surface area contributed by atoms with Crippen LogP contribution in [0.3, 0.4) is 0 Å². The van der Waals surface area contributed by atoms with Crippen LogP contribution < -0.4 is 8.85 Å². The summed E-state index contributed by atoms with van der Waals surface area (Å²) >= 11 is 0. The Morgan fingerprint density at radius 2 is 1.20 bits per heavy atom. The summed E-state index contributed by atoms with van der Waals surface area (Å²) in [5, 5.41) is 0. The first-order valence-corrected chi connectivity index (χ1v) is 9.24. The van der Waals surface area contributed by atoms with E-state index in [1.165, 1.54) is 0 Å². The molecule has 0 heterocycles. The predicted molar refractivity (Wildman–Crippen MR) is 85.5 cm³/mol. The SMILES string of the molecule is CC[Si](Oc1ccccc1)(Oc1ccccc1)C(C)C. The summed E-state index contributed by atoms with van der Waals surface area (Å²) in [6.45, 7) is 6.52. The van der Waals surface area contributed by atoms with E-state index in [-0.39, 0.29) is 0 Å². The molecule has 0 saturated heterocycles. The molecular formula is C17H22O2Si. The van der Waals surface area contributed by atoms with Gasteiger partial charge < -0.3 is 8.85 Å². The van der Waals surface area contributed by atoms with E-state index in [1.807, 2.05) is 60.7 Å². The molecule has 0 bridgehead atoms. The van der Waals surface area contributed by atoms with Crippen LogP contribution in [-0.4, -0.2) is 8.56 Å². The molecule has 0 N–H and O–H groups in total. The van der Waals surface area contributed by atoms with E-state index in [2.05, 4.69) is 20.8 Å². The van der Waals surface area contributed by atoms with Gasteiger partial charge in [0.15, 0.2) is 0 Å². The number of para-hydroxylation sites is 2. The summed E-state index contributed by atoms with van der Waals surface area (Å²) in [5.74, 6) is 1.79. The van der Waals surface area contributed by atoms with Crippen molar-refractivity contribution in [3.05, 3.63) is 60.7 Å².